The van der Waals surface area contributed by atoms with E-state index in [0.717, 1.165) is 42.7 Å². The Morgan fingerprint density at radius 1 is 1.29 bits per heavy atom. The van der Waals surface area contributed by atoms with Gasteiger partial charge in [-0.25, -0.2) is 9.97 Å². The van der Waals surface area contributed by atoms with Gasteiger partial charge in [-0.15, -0.1) is 0 Å². The molecule has 1 aromatic heterocycles. The maximum atomic E-state index is 5.91. The predicted molar refractivity (Wildman–Crippen MR) is 93.4 cm³/mol. The van der Waals surface area contributed by atoms with Crippen LogP contribution in [0.2, 0.25) is 0 Å². The summed E-state index contributed by atoms with van der Waals surface area (Å²) in [5.41, 5.74) is 0.931. The molecule has 1 aromatic carbocycles. The first-order valence-electron chi connectivity index (χ1n) is 8.30. The van der Waals surface area contributed by atoms with Crippen LogP contribution in [-0.2, 0) is 4.74 Å². The van der Waals surface area contributed by atoms with Crippen LogP contribution in [-0.4, -0.2) is 54.8 Å². The number of anilines is 1. The third-order valence-corrected chi connectivity index (χ3v) is 4.01. The second-order valence-corrected chi connectivity index (χ2v) is 5.80. The highest BCUT2D eigenvalue weighted by Crippen LogP contribution is 2.22. The molecule has 0 saturated carbocycles. The Kier molecular flexibility index (Phi) is 5.61. The number of hydrogen-bond acceptors (Lipinski definition) is 6. The van der Waals surface area contributed by atoms with E-state index in [1.54, 1.807) is 0 Å². The van der Waals surface area contributed by atoms with Crippen LogP contribution in [0.25, 0.3) is 0 Å². The Morgan fingerprint density at radius 3 is 2.92 bits per heavy atom. The van der Waals surface area contributed by atoms with E-state index in [9.17, 15) is 0 Å². The summed E-state index contributed by atoms with van der Waals surface area (Å²) in [6, 6.07) is 11.9. The van der Waals surface area contributed by atoms with Crippen LogP contribution in [0, 0.1) is 6.92 Å². The number of hydrogen-bond donors (Lipinski definition) is 1. The molecule has 1 fully saturated rings. The largest absolute Gasteiger partial charge is 0.492 e. The van der Waals surface area contributed by atoms with Crippen LogP contribution in [0.1, 0.15) is 17.6 Å². The van der Waals surface area contributed by atoms with Gasteiger partial charge in [-0.1, -0.05) is 18.2 Å². The zero-order valence-corrected chi connectivity index (χ0v) is 14.2. The topological polar surface area (TPSA) is 59.5 Å². The van der Waals surface area contributed by atoms with Crippen LogP contribution in [0.15, 0.2) is 36.4 Å². The minimum absolute atomic E-state index is 0.0238. The van der Waals surface area contributed by atoms with Gasteiger partial charge >= 0.3 is 0 Å². The maximum Gasteiger partial charge on any atom is 0.129 e. The van der Waals surface area contributed by atoms with Gasteiger partial charge in [0.05, 0.1) is 12.3 Å². The lowest BCUT2D eigenvalue weighted by atomic mass is 10.2. The lowest BCUT2D eigenvalue weighted by molar-refractivity contribution is -0.0350. The summed E-state index contributed by atoms with van der Waals surface area (Å²) in [6.07, 6.45) is -0.0238. The van der Waals surface area contributed by atoms with Crippen molar-refractivity contribution in [1.29, 1.82) is 0 Å². The summed E-state index contributed by atoms with van der Waals surface area (Å²) in [5.74, 6) is 2.49. The van der Waals surface area contributed by atoms with Crippen LogP contribution in [0.4, 0.5) is 5.82 Å². The number of nitrogens with one attached hydrogen (secondary N) is 1. The molecule has 1 N–H and O–H groups in total. The minimum Gasteiger partial charge on any atom is -0.492 e. The molecule has 1 aliphatic heterocycles. The van der Waals surface area contributed by atoms with Crippen molar-refractivity contribution < 1.29 is 9.47 Å². The first-order valence-corrected chi connectivity index (χ1v) is 8.30. The Morgan fingerprint density at radius 2 is 2.12 bits per heavy atom. The number of aryl methyl sites for hydroxylation is 1. The van der Waals surface area contributed by atoms with E-state index in [4.69, 9.17) is 9.47 Å². The smallest absolute Gasteiger partial charge is 0.129 e. The third-order valence-electron chi connectivity index (χ3n) is 4.01. The summed E-state index contributed by atoms with van der Waals surface area (Å²) >= 11 is 0. The third kappa shape index (κ3) is 4.43. The van der Waals surface area contributed by atoms with E-state index in [-0.39, 0.29) is 6.10 Å². The van der Waals surface area contributed by atoms with E-state index in [0.29, 0.717) is 13.2 Å². The van der Waals surface area contributed by atoms with Crippen molar-refractivity contribution in [2.45, 2.75) is 13.0 Å². The Labute approximate surface area is 142 Å². The van der Waals surface area contributed by atoms with Crippen LogP contribution in [0.5, 0.6) is 5.75 Å². The molecule has 0 aliphatic carbocycles. The lowest BCUT2D eigenvalue weighted by Crippen LogP contribution is -2.40. The second kappa shape index (κ2) is 8.08. The number of ether oxygens (including phenoxy) is 2. The average Bonchev–Trinajstić information content (AvgIpc) is 2.62. The zero-order valence-electron chi connectivity index (χ0n) is 14.2. The van der Waals surface area contributed by atoms with Gasteiger partial charge in [-0.3, -0.25) is 4.90 Å². The van der Waals surface area contributed by atoms with E-state index < -0.39 is 0 Å². The SMILES string of the molecule is CNc1cc([C@@H]2CN(CCOc3ccccc3)CCO2)nc(C)n1. The standard InChI is InChI=1S/C18H24N4O2/c1-14-20-16(12-18(19-2)21-14)17-13-22(9-11-24-17)8-10-23-15-6-4-3-5-7-15/h3-7,12,17H,8-11,13H2,1-2H3,(H,19,20,21)/t17-/m0/s1. The summed E-state index contributed by atoms with van der Waals surface area (Å²) in [5, 5.41) is 3.07. The fourth-order valence-electron chi connectivity index (χ4n) is 2.78. The molecule has 24 heavy (non-hydrogen) atoms. The van der Waals surface area contributed by atoms with Crippen molar-refractivity contribution in [2.75, 3.05) is 45.2 Å². The number of morpholine rings is 1. The van der Waals surface area contributed by atoms with Gasteiger partial charge in [-0.2, -0.15) is 0 Å². The Bertz CT molecular complexity index is 651. The van der Waals surface area contributed by atoms with Gasteiger partial charge in [-0.05, 0) is 19.1 Å². The van der Waals surface area contributed by atoms with Crippen LogP contribution in [0.3, 0.4) is 0 Å². The molecule has 0 radical (unpaired) electrons. The van der Waals surface area contributed by atoms with Gasteiger partial charge in [0.25, 0.3) is 0 Å². The van der Waals surface area contributed by atoms with Crippen molar-refractivity contribution >= 4 is 5.82 Å². The molecular weight excluding hydrogens is 304 g/mol. The molecule has 6 nitrogen and oxygen atoms in total. The highest BCUT2D eigenvalue weighted by molar-refractivity contribution is 5.35. The first kappa shape index (κ1) is 16.7. The quantitative estimate of drug-likeness (QED) is 0.878. The predicted octanol–water partition coefficient (Wildman–Crippen LogP) is 2.28. The molecular formula is C18H24N4O2. The van der Waals surface area contributed by atoms with Gasteiger partial charge in [0.2, 0.25) is 0 Å². The molecule has 2 heterocycles. The number of benzene rings is 1. The fourth-order valence-corrected chi connectivity index (χ4v) is 2.78. The molecule has 1 atom stereocenters. The van der Waals surface area contributed by atoms with Gasteiger partial charge in [0.1, 0.15) is 30.1 Å². The number of nitrogens with zero attached hydrogens (tertiary/aromatic N) is 3. The maximum absolute atomic E-state index is 5.91. The second-order valence-electron chi connectivity index (χ2n) is 5.80. The van der Waals surface area contributed by atoms with Crippen LogP contribution < -0.4 is 10.1 Å². The molecule has 1 aliphatic rings. The minimum atomic E-state index is -0.0238. The van der Waals surface area contributed by atoms with Gasteiger partial charge in [0, 0.05) is 32.7 Å². The molecule has 128 valence electrons. The van der Waals surface area contributed by atoms with Crippen molar-refractivity contribution in [3.05, 3.63) is 47.9 Å². The number of aromatic nitrogens is 2. The summed E-state index contributed by atoms with van der Waals surface area (Å²) < 4.78 is 11.7. The van der Waals surface area contributed by atoms with E-state index >= 15 is 0 Å². The van der Waals surface area contributed by atoms with Crippen molar-refractivity contribution in [3.8, 4) is 5.75 Å². The fraction of sp³-hybridized carbons (Fsp3) is 0.444. The summed E-state index contributed by atoms with van der Waals surface area (Å²) in [7, 11) is 1.86. The van der Waals surface area contributed by atoms with Crippen molar-refractivity contribution in [1.82, 2.24) is 14.9 Å². The number of para-hydroxylation sites is 1. The molecule has 0 bridgehead atoms. The summed E-state index contributed by atoms with van der Waals surface area (Å²) in [6.45, 7) is 5.88. The molecule has 0 spiro atoms. The molecule has 3 rings (SSSR count). The van der Waals surface area contributed by atoms with Crippen molar-refractivity contribution in [2.24, 2.45) is 0 Å². The van der Waals surface area contributed by atoms with Crippen LogP contribution >= 0.6 is 0 Å². The van der Waals surface area contributed by atoms with Gasteiger partial charge < -0.3 is 14.8 Å². The highest BCUT2D eigenvalue weighted by atomic mass is 16.5. The lowest BCUT2D eigenvalue weighted by Gasteiger charge is -2.32. The molecule has 0 unspecified atom stereocenters. The average molecular weight is 328 g/mol. The highest BCUT2D eigenvalue weighted by Gasteiger charge is 2.23. The molecule has 1 saturated heterocycles. The molecule has 0 amide bonds. The monoisotopic (exact) mass is 328 g/mol. The molecule has 6 heteroatoms. The normalized spacial score (nSPS) is 18.3. The zero-order chi connectivity index (χ0) is 16.8. The molecule has 2 aromatic rings. The Hall–Kier alpha value is -2.18. The van der Waals surface area contributed by atoms with Gasteiger partial charge in [0.15, 0.2) is 0 Å². The van der Waals surface area contributed by atoms with E-state index in [1.807, 2.05) is 50.4 Å². The van der Waals surface area contributed by atoms with E-state index in [2.05, 4.69) is 20.2 Å². The van der Waals surface area contributed by atoms with E-state index in [1.165, 1.54) is 0 Å². The Balaban J connectivity index is 1.55. The van der Waals surface area contributed by atoms with Crippen molar-refractivity contribution in [3.63, 3.8) is 0 Å². The number of rotatable bonds is 6. The summed E-state index contributed by atoms with van der Waals surface area (Å²) in [4.78, 5) is 11.2. The first-order chi connectivity index (χ1) is 11.7.